The molecular weight excluding hydrogens is 548 g/mol. The van der Waals surface area contributed by atoms with Gasteiger partial charge in [-0.3, -0.25) is 9.59 Å². The molecule has 0 fully saturated rings. The molecule has 44 heavy (non-hydrogen) atoms. The smallest absolute Gasteiger partial charge is 0.307 e. The largest absolute Gasteiger partial charge is 0.463 e. The summed E-state index contributed by atoms with van der Waals surface area (Å²) in [6.07, 6.45) is 29.3. The summed E-state index contributed by atoms with van der Waals surface area (Å²) in [6.45, 7) is 11.7. The van der Waals surface area contributed by atoms with E-state index in [-0.39, 0.29) is 24.1 Å². The Labute approximate surface area is 274 Å². The van der Waals surface area contributed by atoms with Crippen LogP contribution in [0.3, 0.4) is 0 Å². The number of unbranched alkanes of at least 4 members (excludes halogenated alkanes) is 18. The number of carbonyl (C=O) groups is 2. The molecule has 0 rings (SSSR count). The zero-order chi connectivity index (χ0) is 32.7. The average Bonchev–Trinajstić information content (AvgIpc) is 2.99. The van der Waals surface area contributed by atoms with Gasteiger partial charge in [-0.25, -0.2) is 0 Å². The van der Waals surface area contributed by atoms with Crippen molar-refractivity contribution in [2.45, 2.75) is 194 Å². The maximum Gasteiger partial charge on any atom is 0.307 e. The van der Waals surface area contributed by atoms with E-state index in [1.165, 1.54) is 116 Å². The number of rotatable bonds is 33. The van der Waals surface area contributed by atoms with E-state index in [2.05, 4.69) is 23.6 Å². The molecular formula is C38H76N2O4. The summed E-state index contributed by atoms with van der Waals surface area (Å²) < 4.78 is 11.3. The van der Waals surface area contributed by atoms with Gasteiger partial charge in [0.05, 0.1) is 25.0 Å². The Morgan fingerprint density at radius 3 is 1.02 bits per heavy atom. The Morgan fingerprint density at radius 1 is 0.455 bits per heavy atom. The van der Waals surface area contributed by atoms with Crippen molar-refractivity contribution in [3.63, 3.8) is 0 Å². The van der Waals surface area contributed by atoms with Gasteiger partial charge in [0.1, 0.15) is 0 Å². The minimum Gasteiger partial charge on any atom is -0.463 e. The number of hydrogen-bond donors (Lipinski definition) is 0. The first kappa shape index (κ1) is 42.9. The second kappa shape index (κ2) is 31.8. The molecule has 0 radical (unpaired) electrons. The fourth-order valence-corrected chi connectivity index (χ4v) is 5.65. The van der Waals surface area contributed by atoms with Crippen molar-refractivity contribution in [3.8, 4) is 0 Å². The summed E-state index contributed by atoms with van der Waals surface area (Å²) in [4.78, 5) is 28.9. The van der Waals surface area contributed by atoms with Crippen LogP contribution in [-0.4, -0.2) is 74.2 Å². The van der Waals surface area contributed by atoms with Gasteiger partial charge in [-0.15, -0.1) is 0 Å². The molecule has 0 aromatic rings. The van der Waals surface area contributed by atoms with E-state index in [0.29, 0.717) is 25.9 Å². The summed E-state index contributed by atoms with van der Waals surface area (Å²) in [6, 6.07) is 0. The van der Waals surface area contributed by atoms with Gasteiger partial charge in [-0.2, -0.15) is 0 Å². The molecule has 6 heteroatoms. The highest BCUT2D eigenvalue weighted by molar-refractivity contribution is 5.70. The van der Waals surface area contributed by atoms with Crippen molar-refractivity contribution < 1.29 is 19.1 Å². The fraction of sp³-hybridized carbons (Fsp3) is 0.947. The Morgan fingerprint density at radius 2 is 0.727 bits per heavy atom. The fourth-order valence-electron chi connectivity index (χ4n) is 5.65. The maximum absolute atomic E-state index is 12.3. The monoisotopic (exact) mass is 625 g/mol. The van der Waals surface area contributed by atoms with Crippen LogP contribution in [0.1, 0.15) is 182 Å². The third-order valence-electron chi connectivity index (χ3n) is 8.85. The molecule has 0 aromatic carbocycles. The van der Waals surface area contributed by atoms with Crippen LogP contribution in [0.2, 0.25) is 0 Å². The van der Waals surface area contributed by atoms with Gasteiger partial charge in [0, 0.05) is 26.2 Å². The number of hydrogen-bond acceptors (Lipinski definition) is 6. The molecule has 262 valence electrons. The molecule has 0 saturated heterocycles. The van der Waals surface area contributed by atoms with E-state index in [1.54, 1.807) is 0 Å². The Hall–Kier alpha value is -1.14. The molecule has 0 aliphatic rings. The quantitative estimate of drug-likeness (QED) is 0.0535. The van der Waals surface area contributed by atoms with Gasteiger partial charge in [0.2, 0.25) is 0 Å². The van der Waals surface area contributed by atoms with Gasteiger partial charge in [0.25, 0.3) is 0 Å². The number of carbonyl (C=O) groups excluding carboxylic acids is 2. The minimum atomic E-state index is -0.0977. The summed E-state index contributed by atoms with van der Waals surface area (Å²) >= 11 is 0. The molecule has 2 atom stereocenters. The lowest BCUT2D eigenvalue weighted by atomic mass is 10.0. The number of esters is 2. The van der Waals surface area contributed by atoms with E-state index in [1.807, 2.05) is 27.9 Å². The lowest BCUT2D eigenvalue weighted by molar-refractivity contribution is -0.150. The number of likely N-dealkylation sites (N-methyl/N-ethyl adjacent to an activating group) is 2. The van der Waals surface area contributed by atoms with Crippen LogP contribution in [-0.2, 0) is 19.1 Å². The zero-order valence-corrected chi connectivity index (χ0v) is 30.5. The van der Waals surface area contributed by atoms with Crippen LogP contribution in [0.4, 0.5) is 0 Å². The molecule has 0 aromatic heterocycles. The van der Waals surface area contributed by atoms with Crippen molar-refractivity contribution in [3.05, 3.63) is 0 Å². The van der Waals surface area contributed by atoms with Gasteiger partial charge in [-0.05, 0) is 53.6 Å². The van der Waals surface area contributed by atoms with E-state index in [0.717, 1.165) is 38.8 Å². The maximum atomic E-state index is 12.3. The van der Waals surface area contributed by atoms with Crippen molar-refractivity contribution in [2.75, 3.05) is 40.3 Å². The Bertz CT molecular complexity index is 590. The van der Waals surface area contributed by atoms with E-state index in [4.69, 9.17) is 9.47 Å². The molecule has 6 nitrogen and oxygen atoms in total. The van der Waals surface area contributed by atoms with E-state index in [9.17, 15) is 9.59 Å². The standard InChI is InChI=1S/C38H76N2O4/c1-7-9-11-13-15-17-19-21-23-25-27-35(3)43-37(41)29-31-39(5)33-34-40(6)32-30-38(42)44-36(4)28-26-24-22-20-18-16-14-12-10-8-2/h35-36H,7-34H2,1-6H3. The van der Waals surface area contributed by atoms with Gasteiger partial charge in [0.15, 0.2) is 0 Å². The Kier molecular flexibility index (Phi) is 31.0. The lowest BCUT2D eigenvalue weighted by Crippen LogP contribution is -2.33. The molecule has 0 amide bonds. The van der Waals surface area contributed by atoms with Crippen molar-refractivity contribution in [2.24, 2.45) is 0 Å². The molecule has 0 saturated carbocycles. The van der Waals surface area contributed by atoms with Crippen LogP contribution in [0.5, 0.6) is 0 Å². The third-order valence-corrected chi connectivity index (χ3v) is 8.85. The molecule has 0 bridgehead atoms. The highest BCUT2D eigenvalue weighted by Crippen LogP contribution is 2.14. The van der Waals surface area contributed by atoms with E-state index < -0.39 is 0 Å². The minimum absolute atomic E-state index is 0.00497. The molecule has 0 aliphatic heterocycles. The molecule has 0 N–H and O–H groups in total. The van der Waals surface area contributed by atoms with Crippen LogP contribution < -0.4 is 0 Å². The highest BCUT2D eigenvalue weighted by atomic mass is 16.5. The van der Waals surface area contributed by atoms with Crippen molar-refractivity contribution in [1.82, 2.24) is 9.80 Å². The lowest BCUT2D eigenvalue weighted by Gasteiger charge is -2.22. The average molecular weight is 625 g/mol. The van der Waals surface area contributed by atoms with Crippen LogP contribution in [0.15, 0.2) is 0 Å². The first-order valence-corrected chi connectivity index (χ1v) is 19.0. The van der Waals surface area contributed by atoms with Gasteiger partial charge >= 0.3 is 11.9 Å². The highest BCUT2D eigenvalue weighted by Gasteiger charge is 2.13. The summed E-state index contributed by atoms with van der Waals surface area (Å²) in [7, 11) is 4.08. The summed E-state index contributed by atoms with van der Waals surface area (Å²) in [5.74, 6) is -0.195. The number of nitrogens with zero attached hydrogens (tertiary/aromatic N) is 2. The van der Waals surface area contributed by atoms with Gasteiger partial charge < -0.3 is 19.3 Å². The van der Waals surface area contributed by atoms with Crippen molar-refractivity contribution in [1.29, 1.82) is 0 Å². The predicted octanol–water partition coefficient (Wildman–Crippen LogP) is 10.1. The first-order chi connectivity index (χ1) is 21.3. The SMILES string of the molecule is CCCCCCCCCCCCC(C)OC(=O)CCN(C)CCN(C)CCC(=O)OC(C)CCCCCCCCCCCC. The molecule has 0 spiro atoms. The molecule has 0 aliphatic carbocycles. The van der Waals surface area contributed by atoms with Crippen LogP contribution >= 0.6 is 0 Å². The topological polar surface area (TPSA) is 59.1 Å². The molecule has 2 unspecified atom stereocenters. The predicted molar refractivity (Wildman–Crippen MR) is 188 cm³/mol. The van der Waals surface area contributed by atoms with Crippen molar-refractivity contribution >= 4 is 11.9 Å². The second-order valence-corrected chi connectivity index (χ2v) is 13.6. The number of ether oxygens (including phenoxy) is 2. The Balaban J connectivity index is 3.71. The van der Waals surface area contributed by atoms with Crippen LogP contribution in [0, 0.1) is 0 Å². The van der Waals surface area contributed by atoms with Crippen LogP contribution in [0.25, 0.3) is 0 Å². The summed E-state index contributed by atoms with van der Waals surface area (Å²) in [5, 5.41) is 0. The molecule has 0 heterocycles. The first-order valence-electron chi connectivity index (χ1n) is 19.0. The van der Waals surface area contributed by atoms with E-state index >= 15 is 0 Å². The summed E-state index contributed by atoms with van der Waals surface area (Å²) in [5.41, 5.74) is 0. The third kappa shape index (κ3) is 30.9. The second-order valence-electron chi connectivity index (χ2n) is 13.6. The zero-order valence-electron chi connectivity index (χ0n) is 30.5. The van der Waals surface area contributed by atoms with Gasteiger partial charge in [-0.1, -0.05) is 129 Å². The normalized spacial score (nSPS) is 13.0.